The van der Waals surface area contributed by atoms with Gasteiger partial charge in [-0.3, -0.25) is 9.89 Å². The van der Waals surface area contributed by atoms with Crippen LogP contribution in [-0.4, -0.2) is 60.0 Å². The van der Waals surface area contributed by atoms with Gasteiger partial charge in [-0.25, -0.2) is 4.98 Å². The first kappa shape index (κ1) is 19.3. The van der Waals surface area contributed by atoms with E-state index < -0.39 is 0 Å². The third kappa shape index (κ3) is 5.53. The van der Waals surface area contributed by atoms with Gasteiger partial charge in [0.25, 0.3) is 0 Å². The summed E-state index contributed by atoms with van der Waals surface area (Å²) in [6.07, 6.45) is 4.00. The standard InChI is InChI=1S/C19H29N5S2/c1-3-16-14-22-18(26-16)7-8-21-19(20-4-2)24-11-9-23(10-12-24)15-17-6-5-13-25-17/h5-6,13-14H,3-4,7-12,15H2,1-2H3,(H,20,21). The second kappa shape index (κ2) is 10.0. The fraction of sp³-hybridized carbons (Fsp3) is 0.579. The molecule has 1 aliphatic heterocycles. The molecule has 0 aliphatic carbocycles. The molecule has 0 amide bonds. The molecule has 0 aromatic carbocycles. The van der Waals surface area contributed by atoms with Crippen molar-refractivity contribution in [2.75, 3.05) is 39.3 Å². The summed E-state index contributed by atoms with van der Waals surface area (Å²) in [5.41, 5.74) is 0. The Bertz CT molecular complexity index is 672. The molecule has 0 atom stereocenters. The lowest BCUT2D eigenvalue weighted by atomic mass is 10.3. The lowest BCUT2D eigenvalue weighted by Crippen LogP contribution is -2.52. The van der Waals surface area contributed by atoms with E-state index in [1.54, 1.807) is 0 Å². The first-order valence-corrected chi connectivity index (χ1v) is 11.2. The Balaban J connectivity index is 1.49. The number of hydrogen-bond acceptors (Lipinski definition) is 5. The van der Waals surface area contributed by atoms with E-state index in [4.69, 9.17) is 4.99 Å². The molecule has 0 bridgehead atoms. The van der Waals surface area contributed by atoms with E-state index in [0.717, 1.165) is 64.6 Å². The lowest BCUT2D eigenvalue weighted by molar-refractivity contribution is 0.173. The number of aryl methyl sites for hydroxylation is 1. The summed E-state index contributed by atoms with van der Waals surface area (Å²) >= 11 is 3.66. The van der Waals surface area contributed by atoms with Crippen molar-refractivity contribution in [2.24, 2.45) is 4.99 Å². The molecule has 1 saturated heterocycles. The number of nitrogens with one attached hydrogen (secondary N) is 1. The van der Waals surface area contributed by atoms with Gasteiger partial charge >= 0.3 is 0 Å². The molecule has 0 radical (unpaired) electrons. The van der Waals surface area contributed by atoms with Crippen LogP contribution in [0.1, 0.15) is 28.6 Å². The zero-order valence-corrected chi connectivity index (χ0v) is 17.4. The van der Waals surface area contributed by atoms with Gasteiger partial charge in [-0.05, 0) is 24.8 Å². The van der Waals surface area contributed by atoms with Gasteiger partial charge in [0.1, 0.15) is 0 Å². The minimum absolute atomic E-state index is 0.800. The topological polar surface area (TPSA) is 43.8 Å². The average Bonchev–Trinajstić information content (AvgIpc) is 3.33. The van der Waals surface area contributed by atoms with E-state index in [2.05, 4.69) is 51.5 Å². The van der Waals surface area contributed by atoms with Crippen molar-refractivity contribution in [1.29, 1.82) is 0 Å². The fourth-order valence-corrected chi connectivity index (χ4v) is 4.65. The van der Waals surface area contributed by atoms with Gasteiger partial charge < -0.3 is 10.2 Å². The Labute approximate surface area is 164 Å². The maximum atomic E-state index is 4.85. The molecule has 26 heavy (non-hydrogen) atoms. The van der Waals surface area contributed by atoms with E-state index in [-0.39, 0.29) is 0 Å². The third-order valence-corrected chi connectivity index (χ3v) is 6.57. The summed E-state index contributed by atoms with van der Waals surface area (Å²) in [4.78, 5) is 17.1. The number of aromatic nitrogens is 1. The number of rotatable bonds is 7. The van der Waals surface area contributed by atoms with E-state index in [1.807, 2.05) is 28.9 Å². The molecule has 142 valence electrons. The molecule has 1 N–H and O–H groups in total. The smallest absolute Gasteiger partial charge is 0.194 e. The van der Waals surface area contributed by atoms with Crippen LogP contribution in [0.25, 0.3) is 0 Å². The molecular formula is C19H29N5S2. The van der Waals surface area contributed by atoms with Crippen LogP contribution in [0.5, 0.6) is 0 Å². The summed E-state index contributed by atoms with van der Waals surface area (Å²) in [5, 5.41) is 6.81. The number of hydrogen-bond donors (Lipinski definition) is 1. The predicted octanol–water partition coefficient (Wildman–Crippen LogP) is 3.09. The minimum atomic E-state index is 0.800. The summed E-state index contributed by atoms with van der Waals surface area (Å²) < 4.78 is 0. The van der Waals surface area contributed by atoms with Gasteiger partial charge in [0.15, 0.2) is 5.96 Å². The number of aliphatic imine (C=N–C) groups is 1. The second-order valence-corrected chi connectivity index (χ2v) is 8.63. The largest absolute Gasteiger partial charge is 0.357 e. The SMILES string of the molecule is CCNC(=NCCc1ncc(CC)s1)N1CCN(Cc2cccs2)CC1. The van der Waals surface area contributed by atoms with Crippen molar-refractivity contribution < 1.29 is 0 Å². The number of thiazole rings is 1. The monoisotopic (exact) mass is 391 g/mol. The normalized spacial score (nSPS) is 16.2. The quantitative estimate of drug-likeness (QED) is 0.582. The molecular weight excluding hydrogens is 362 g/mol. The average molecular weight is 392 g/mol. The Kier molecular flexibility index (Phi) is 7.46. The van der Waals surface area contributed by atoms with Crippen molar-refractivity contribution in [3.8, 4) is 0 Å². The molecule has 2 aromatic heterocycles. The molecule has 1 aliphatic rings. The Morgan fingerprint density at radius 1 is 1.23 bits per heavy atom. The maximum absolute atomic E-state index is 4.85. The van der Waals surface area contributed by atoms with E-state index >= 15 is 0 Å². The highest BCUT2D eigenvalue weighted by Crippen LogP contribution is 2.15. The van der Waals surface area contributed by atoms with Crippen LogP contribution >= 0.6 is 22.7 Å². The van der Waals surface area contributed by atoms with Crippen molar-refractivity contribution in [3.05, 3.63) is 38.5 Å². The first-order valence-electron chi connectivity index (χ1n) is 9.50. The van der Waals surface area contributed by atoms with Crippen molar-refractivity contribution in [1.82, 2.24) is 20.1 Å². The van der Waals surface area contributed by atoms with Crippen molar-refractivity contribution >= 4 is 28.6 Å². The molecule has 5 nitrogen and oxygen atoms in total. The molecule has 0 spiro atoms. The van der Waals surface area contributed by atoms with Crippen LogP contribution in [0.2, 0.25) is 0 Å². The zero-order chi connectivity index (χ0) is 18.2. The van der Waals surface area contributed by atoms with Crippen molar-refractivity contribution in [3.63, 3.8) is 0 Å². The summed E-state index contributed by atoms with van der Waals surface area (Å²) in [6, 6.07) is 4.36. The Morgan fingerprint density at radius 2 is 2.08 bits per heavy atom. The van der Waals surface area contributed by atoms with E-state index in [1.165, 1.54) is 14.8 Å². The van der Waals surface area contributed by atoms with Crippen LogP contribution in [-0.2, 0) is 19.4 Å². The highest BCUT2D eigenvalue weighted by molar-refractivity contribution is 7.11. The molecule has 3 heterocycles. The van der Waals surface area contributed by atoms with Gasteiger partial charge in [0.05, 0.1) is 5.01 Å². The zero-order valence-electron chi connectivity index (χ0n) is 15.8. The van der Waals surface area contributed by atoms with Crippen LogP contribution < -0.4 is 5.32 Å². The molecule has 7 heteroatoms. The van der Waals surface area contributed by atoms with Gasteiger partial charge in [-0.15, -0.1) is 22.7 Å². The minimum Gasteiger partial charge on any atom is -0.357 e. The number of thiophene rings is 1. The number of guanidine groups is 1. The Morgan fingerprint density at radius 3 is 2.73 bits per heavy atom. The van der Waals surface area contributed by atoms with Crippen LogP contribution in [0.15, 0.2) is 28.7 Å². The fourth-order valence-electron chi connectivity index (χ4n) is 3.05. The summed E-state index contributed by atoms with van der Waals surface area (Å²) in [7, 11) is 0. The summed E-state index contributed by atoms with van der Waals surface area (Å²) in [5.74, 6) is 1.05. The first-order chi connectivity index (χ1) is 12.8. The second-order valence-electron chi connectivity index (χ2n) is 6.40. The highest BCUT2D eigenvalue weighted by atomic mass is 32.1. The number of piperazine rings is 1. The lowest BCUT2D eigenvalue weighted by Gasteiger charge is -2.36. The van der Waals surface area contributed by atoms with Crippen LogP contribution in [0.4, 0.5) is 0 Å². The molecule has 2 aromatic rings. The third-order valence-electron chi connectivity index (χ3n) is 4.50. The van der Waals surface area contributed by atoms with E-state index in [0.29, 0.717) is 0 Å². The molecule has 1 fully saturated rings. The van der Waals surface area contributed by atoms with Crippen LogP contribution in [0, 0.1) is 0 Å². The Hall–Kier alpha value is -1.44. The van der Waals surface area contributed by atoms with Crippen LogP contribution in [0.3, 0.4) is 0 Å². The highest BCUT2D eigenvalue weighted by Gasteiger charge is 2.19. The molecule has 0 unspecified atom stereocenters. The van der Waals surface area contributed by atoms with Gasteiger partial charge in [-0.1, -0.05) is 13.0 Å². The van der Waals surface area contributed by atoms with E-state index in [9.17, 15) is 0 Å². The molecule has 3 rings (SSSR count). The van der Waals surface area contributed by atoms with Gasteiger partial charge in [0.2, 0.25) is 0 Å². The molecule has 0 saturated carbocycles. The predicted molar refractivity (Wildman–Crippen MR) is 112 cm³/mol. The summed E-state index contributed by atoms with van der Waals surface area (Å²) in [6.45, 7) is 11.4. The van der Waals surface area contributed by atoms with Crippen molar-refractivity contribution in [2.45, 2.75) is 33.2 Å². The van der Waals surface area contributed by atoms with Gasteiger partial charge in [-0.2, -0.15) is 0 Å². The number of nitrogens with zero attached hydrogens (tertiary/aromatic N) is 4. The van der Waals surface area contributed by atoms with Gasteiger partial charge in [0, 0.05) is 68.2 Å². The maximum Gasteiger partial charge on any atom is 0.194 e.